The second-order valence-electron chi connectivity index (χ2n) is 7.77. The molecule has 152 valence electrons. The van der Waals surface area contributed by atoms with Gasteiger partial charge in [-0.2, -0.15) is 0 Å². The normalized spacial score (nSPS) is 11.1. The van der Waals surface area contributed by atoms with Crippen molar-refractivity contribution in [2.45, 2.75) is 47.5 Å². The van der Waals surface area contributed by atoms with Crippen LogP contribution in [0.1, 0.15) is 43.4 Å². The van der Waals surface area contributed by atoms with Gasteiger partial charge in [0.2, 0.25) is 0 Å². The van der Waals surface area contributed by atoms with Crippen LogP contribution < -0.4 is 4.52 Å². The first-order valence-corrected chi connectivity index (χ1v) is 12.4. The van der Waals surface area contributed by atoms with E-state index in [0.29, 0.717) is 0 Å². The van der Waals surface area contributed by atoms with Crippen LogP contribution in [0.3, 0.4) is 0 Å². The van der Waals surface area contributed by atoms with Crippen molar-refractivity contribution in [3.8, 4) is 28.0 Å². The minimum atomic E-state index is -0.421. The summed E-state index contributed by atoms with van der Waals surface area (Å²) in [6.07, 6.45) is 4.68. The van der Waals surface area contributed by atoms with Crippen molar-refractivity contribution in [1.82, 2.24) is 0 Å². The van der Waals surface area contributed by atoms with E-state index in [0.717, 1.165) is 5.75 Å². The number of aryl methyl sites for hydroxylation is 2. The van der Waals surface area contributed by atoms with Gasteiger partial charge in [-0.15, -0.1) is 0 Å². The highest BCUT2D eigenvalue weighted by molar-refractivity contribution is 7.52. The monoisotopic (exact) mass is 404 g/mol. The summed E-state index contributed by atoms with van der Waals surface area (Å²) in [4.78, 5) is 0. The predicted molar refractivity (Wildman–Crippen MR) is 129 cm³/mol. The third-order valence-electron chi connectivity index (χ3n) is 5.36. The van der Waals surface area contributed by atoms with Gasteiger partial charge >= 0.3 is 0 Å². The highest BCUT2D eigenvalue weighted by Gasteiger charge is 2.18. The molecule has 0 heterocycles. The lowest BCUT2D eigenvalue weighted by Gasteiger charge is -2.23. The van der Waals surface area contributed by atoms with Gasteiger partial charge in [0, 0.05) is 17.9 Å². The van der Waals surface area contributed by atoms with Gasteiger partial charge in [0.1, 0.15) is 5.75 Å². The van der Waals surface area contributed by atoms with Crippen molar-refractivity contribution < 1.29 is 4.52 Å². The Bertz CT molecular complexity index is 940. The number of benzene rings is 3. The summed E-state index contributed by atoms with van der Waals surface area (Å²) < 4.78 is 6.63. The fraction of sp³-hybridized carbons (Fsp3) is 0.333. The quantitative estimate of drug-likeness (QED) is 0.342. The lowest BCUT2D eigenvalue weighted by molar-refractivity contribution is 0.610. The summed E-state index contributed by atoms with van der Waals surface area (Å²) in [5, 5.41) is 0. The Hall–Kier alpha value is -2.11. The molecule has 0 amide bonds. The van der Waals surface area contributed by atoms with E-state index in [1.54, 1.807) is 0 Å². The van der Waals surface area contributed by atoms with Crippen LogP contribution >= 0.6 is 8.15 Å². The molecule has 0 aliphatic carbocycles. The maximum Gasteiger partial charge on any atom is 0.131 e. The Morgan fingerprint density at radius 3 is 1.97 bits per heavy atom. The third-order valence-corrected chi connectivity index (χ3v) is 7.71. The summed E-state index contributed by atoms with van der Waals surface area (Å²) >= 11 is 0. The SMILES string of the molecule is CCCP(CCC)Oc1ccccc1-c1c(C)cc(C)c(-c2ccccc2)c1C. The maximum absolute atomic E-state index is 6.63. The second kappa shape index (κ2) is 10.1. The summed E-state index contributed by atoms with van der Waals surface area (Å²) in [6.45, 7) is 11.2. The molecule has 0 spiro atoms. The van der Waals surface area contributed by atoms with Gasteiger partial charge in [-0.1, -0.05) is 68.4 Å². The molecule has 0 bridgehead atoms. The first kappa shape index (κ1) is 21.6. The van der Waals surface area contributed by atoms with Crippen molar-refractivity contribution in [3.05, 3.63) is 77.4 Å². The van der Waals surface area contributed by atoms with E-state index in [2.05, 4.69) is 95.3 Å². The molecule has 0 fully saturated rings. The first-order valence-electron chi connectivity index (χ1n) is 10.7. The largest absolute Gasteiger partial charge is 0.473 e. The molecule has 3 aromatic carbocycles. The van der Waals surface area contributed by atoms with Crippen LogP contribution in [0.15, 0.2) is 60.7 Å². The van der Waals surface area contributed by atoms with Gasteiger partial charge < -0.3 is 4.52 Å². The predicted octanol–water partition coefficient (Wildman–Crippen LogP) is 8.54. The third kappa shape index (κ3) is 4.90. The van der Waals surface area contributed by atoms with Crippen molar-refractivity contribution in [2.24, 2.45) is 0 Å². The lowest BCUT2D eigenvalue weighted by Crippen LogP contribution is -2.00. The van der Waals surface area contributed by atoms with Crippen molar-refractivity contribution >= 4 is 8.15 Å². The fourth-order valence-electron chi connectivity index (χ4n) is 4.24. The van der Waals surface area contributed by atoms with Crippen LogP contribution in [0.25, 0.3) is 22.3 Å². The topological polar surface area (TPSA) is 9.23 Å². The average Bonchev–Trinajstić information content (AvgIpc) is 2.70. The number of para-hydroxylation sites is 1. The molecule has 1 nitrogen and oxygen atoms in total. The molecule has 0 saturated carbocycles. The standard InChI is InChI=1S/C27H33OP/c1-6-17-29(18-7-2)28-25-16-12-11-15-24(25)27-21(4)19-20(3)26(22(27)5)23-13-9-8-10-14-23/h8-16,19H,6-7,17-18H2,1-5H3. The molecule has 0 aliphatic heterocycles. The van der Waals surface area contributed by atoms with E-state index in [1.807, 2.05) is 0 Å². The van der Waals surface area contributed by atoms with E-state index in [-0.39, 0.29) is 0 Å². The zero-order valence-electron chi connectivity index (χ0n) is 18.5. The van der Waals surface area contributed by atoms with Crippen molar-refractivity contribution in [1.29, 1.82) is 0 Å². The Labute approximate surface area is 178 Å². The fourth-order valence-corrected chi connectivity index (χ4v) is 6.08. The van der Waals surface area contributed by atoms with Gasteiger partial charge in [0.15, 0.2) is 0 Å². The molecule has 0 radical (unpaired) electrons. The molecule has 3 aromatic rings. The molecular weight excluding hydrogens is 371 g/mol. The molecule has 2 heteroatoms. The molecule has 0 N–H and O–H groups in total. The molecule has 0 atom stereocenters. The molecular formula is C27H33OP. The van der Waals surface area contributed by atoms with Crippen LogP contribution in [-0.4, -0.2) is 12.3 Å². The van der Waals surface area contributed by atoms with Gasteiger partial charge in [-0.25, -0.2) is 0 Å². The molecule has 0 aliphatic rings. The Morgan fingerprint density at radius 1 is 0.724 bits per heavy atom. The average molecular weight is 405 g/mol. The minimum Gasteiger partial charge on any atom is -0.473 e. The Balaban J connectivity index is 2.12. The summed E-state index contributed by atoms with van der Waals surface area (Å²) in [5.74, 6) is 1.04. The lowest BCUT2D eigenvalue weighted by atomic mass is 9.86. The van der Waals surface area contributed by atoms with Gasteiger partial charge in [0.05, 0.1) is 8.15 Å². The van der Waals surface area contributed by atoms with Crippen LogP contribution in [0.2, 0.25) is 0 Å². The summed E-state index contributed by atoms with van der Waals surface area (Å²) in [7, 11) is -0.421. The first-order chi connectivity index (χ1) is 14.1. The zero-order valence-corrected chi connectivity index (χ0v) is 19.4. The molecule has 0 unspecified atom stereocenters. The smallest absolute Gasteiger partial charge is 0.131 e. The highest BCUT2D eigenvalue weighted by atomic mass is 31.1. The molecule has 3 rings (SSSR count). The molecule has 29 heavy (non-hydrogen) atoms. The Morgan fingerprint density at radius 2 is 1.31 bits per heavy atom. The van der Waals surface area contributed by atoms with Crippen molar-refractivity contribution in [3.63, 3.8) is 0 Å². The van der Waals surface area contributed by atoms with Crippen LogP contribution in [0.5, 0.6) is 5.75 Å². The number of hydrogen-bond donors (Lipinski definition) is 0. The number of rotatable bonds is 8. The van der Waals surface area contributed by atoms with Gasteiger partial charge in [0.25, 0.3) is 0 Å². The zero-order chi connectivity index (χ0) is 20.8. The van der Waals surface area contributed by atoms with Crippen LogP contribution in [-0.2, 0) is 0 Å². The van der Waals surface area contributed by atoms with E-state index >= 15 is 0 Å². The summed E-state index contributed by atoms with van der Waals surface area (Å²) in [6, 6.07) is 21.7. The van der Waals surface area contributed by atoms with E-state index in [9.17, 15) is 0 Å². The van der Waals surface area contributed by atoms with Gasteiger partial charge in [-0.3, -0.25) is 0 Å². The molecule has 0 aromatic heterocycles. The van der Waals surface area contributed by atoms with E-state index in [4.69, 9.17) is 4.52 Å². The second-order valence-corrected chi connectivity index (χ2v) is 9.81. The van der Waals surface area contributed by atoms with E-state index in [1.165, 1.54) is 64.1 Å². The maximum atomic E-state index is 6.63. The van der Waals surface area contributed by atoms with Crippen LogP contribution in [0.4, 0.5) is 0 Å². The number of hydrogen-bond acceptors (Lipinski definition) is 1. The highest BCUT2D eigenvalue weighted by Crippen LogP contribution is 2.46. The van der Waals surface area contributed by atoms with Crippen molar-refractivity contribution in [2.75, 3.05) is 12.3 Å². The van der Waals surface area contributed by atoms with Gasteiger partial charge in [-0.05, 0) is 73.1 Å². The summed E-state index contributed by atoms with van der Waals surface area (Å²) in [5.41, 5.74) is 9.12. The molecule has 0 saturated heterocycles. The van der Waals surface area contributed by atoms with E-state index < -0.39 is 8.15 Å². The Kier molecular flexibility index (Phi) is 7.51. The minimum absolute atomic E-state index is 0.421. The van der Waals surface area contributed by atoms with Crippen LogP contribution in [0, 0.1) is 20.8 Å².